The van der Waals surface area contributed by atoms with Crippen LogP contribution in [0.1, 0.15) is 0 Å². The summed E-state index contributed by atoms with van der Waals surface area (Å²) >= 11 is 0. The van der Waals surface area contributed by atoms with E-state index in [1.54, 1.807) is 7.11 Å². The summed E-state index contributed by atoms with van der Waals surface area (Å²) in [6.07, 6.45) is 0.287. The van der Waals surface area contributed by atoms with Crippen LogP contribution < -0.4 is 5.32 Å². The fourth-order valence-corrected chi connectivity index (χ4v) is 0.885. The Hall–Kier alpha value is -0.120. The summed E-state index contributed by atoms with van der Waals surface area (Å²) < 4.78 is 5.09. The van der Waals surface area contributed by atoms with Crippen LogP contribution in [0, 0.1) is 0 Å². The highest BCUT2D eigenvalue weighted by atomic mass is 16.5. The summed E-state index contributed by atoms with van der Waals surface area (Å²) in [5, 5.41) is 3.17. The van der Waals surface area contributed by atoms with Crippen LogP contribution in [0.5, 0.6) is 0 Å². The maximum Gasteiger partial charge on any atom is 0.123 e. The van der Waals surface area contributed by atoms with Crippen LogP contribution in [0.4, 0.5) is 0 Å². The van der Waals surface area contributed by atoms with E-state index in [0.717, 1.165) is 13.2 Å². The summed E-state index contributed by atoms with van der Waals surface area (Å²) in [6, 6.07) is 0. The fraction of sp³-hybridized carbons (Fsp3) is 1.00. The molecule has 1 rings (SSSR count). The summed E-state index contributed by atoms with van der Waals surface area (Å²) in [4.78, 5) is 2.12. The lowest BCUT2D eigenvalue weighted by atomic mass is 10.6. The van der Waals surface area contributed by atoms with E-state index in [4.69, 9.17) is 4.74 Å². The van der Waals surface area contributed by atoms with Crippen molar-refractivity contribution in [3.63, 3.8) is 0 Å². The molecule has 0 saturated carbocycles. The molecule has 1 unspecified atom stereocenters. The summed E-state index contributed by atoms with van der Waals surface area (Å²) in [6.45, 7) is 1.89. The largest absolute Gasteiger partial charge is 0.365 e. The van der Waals surface area contributed by atoms with Crippen LogP contribution in [-0.2, 0) is 4.74 Å². The van der Waals surface area contributed by atoms with Gasteiger partial charge in [-0.3, -0.25) is 4.90 Å². The average Bonchev–Trinajstić information content (AvgIpc) is 2.14. The van der Waals surface area contributed by atoms with E-state index in [0.29, 0.717) is 0 Å². The van der Waals surface area contributed by atoms with Gasteiger partial charge in [-0.25, -0.2) is 0 Å². The Kier molecular flexibility index (Phi) is 1.83. The fourth-order valence-electron chi connectivity index (χ4n) is 0.885. The number of ether oxygens (including phenoxy) is 1. The molecule has 0 aliphatic carbocycles. The predicted molar refractivity (Wildman–Crippen MR) is 31.4 cm³/mol. The summed E-state index contributed by atoms with van der Waals surface area (Å²) in [7, 11) is 3.77. The van der Waals surface area contributed by atoms with E-state index in [9.17, 15) is 0 Å². The first kappa shape index (κ1) is 6.01. The molecule has 0 aromatic carbocycles. The lowest BCUT2D eigenvalue weighted by Gasteiger charge is -2.14. The van der Waals surface area contributed by atoms with Gasteiger partial charge in [0.15, 0.2) is 0 Å². The van der Waals surface area contributed by atoms with Crippen molar-refractivity contribution in [2.24, 2.45) is 0 Å². The van der Waals surface area contributed by atoms with Crippen molar-refractivity contribution in [1.29, 1.82) is 0 Å². The molecule has 3 heteroatoms. The van der Waals surface area contributed by atoms with Gasteiger partial charge in [-0.1, -0.05) is 0 Å². The Morgan fingerprint density at radius 1 is 1.75 bits per heavy atom. The molecule has 0 aromatic heterocycles. The number of hydrogen-bond donors (Lipinski definition) is 1. The SMILES string of the molecule is COC1CNCN1C. The highest BCUT2D eigenvalue weighted by Crippen LogP contribution is 1.99. The van der Waals surface area contributed by atoms with Gasteiger partial charge in [0.25, 0.3) is 0 Å². The summed E-state index contributed by atoms with van der Waals surface area (Å²) in [5.74, 6) is 0. The Morgan fingerprint density at radius 3 is 2.75 bits per heavy atom. The molecule has 1 aliphatic heterocycles. The third kappa shape index (κ3) is 0.992. The van der Waals surface area contributed by atoms with E-state index in [-0.39, 0.29) is 6.23 Å². The lowest BCUT2D eigenvalue weighted by molar-refractivity contribution is 0.0196. The van der Waals surface area contributed by atoms with Crippen LogP contribution in [-0.4, -0.2) is 38.5 Å². The predicted octanol–water partition coefficient (Wildman–Crippen LogP) is -0.549. The Labute approximate surface area is 49.6 Å². The Morgan fingerprint density at radius 2 is 2.50 bits per heavy atom. The smallest absolute Gasteiger partial charge is 0.123 e. The minimum Gasteiger partial charge on any atom is -0.365 e. The molecule has 8 heavy (non-hydrogen) atoms. The van der Waals surface area contributed by atoms with Gasteiger partial charge in [0, 0.05) is 13.7 Å². The van der Waals surface area contributed by atoms with Crippen molar-refractivity contribution < 1.29 is 4.74 Å². The Balaban J connectivity index is 2.30. The minimum atomic E-state index is 0.287. The van der Waals surface area contributed by atoms with Gasteiger partial charge in [-0.15, -0.1) is 0 Å². The van der Waals surface area contributed by atoms with Crippen LogP contribution in [0.2, 0.25) is 0 Å². The van der Waals surface area contributed by atoms with Crippen LogP contribution in [0.15, 0.2) is 0 Å². The second-order valence-electron chi connectivity index (χ2n) is 2.06. The monoisotopic (exact) mass is 116 g/mol. The Bertz CT molecular complexity index is 76.8. The van der Waals surface area contributed by atoms with Crippen LogP contribution in [0.25, 0.3) is 0 Å². The van der Waals surface area contributed by atoms with Crippen LogP contribution >= 0.6 is 0 Å². The molecule has 0 amide bonds. The number of likely N-dealkylation sites (N-methyl/N-ethyl adjacent to an activating group) is 1. The van der Waals surface area contributed by atoms with E-state index in [1.807, 2.05) is 7.05 Å². The van der Waals surface area contributed by atoms with E-state index >= 15 is 0 Å². The normalized spacial score (nSPS) is 31.5. The third-order valence-electron chi connectivity index (χ3n) is 1.44. The minimum absolute atomic E-state index is 0.287. The van der Waals surface area contributed by atoms with Gasteiger partial charge >= 0.3 is 0 Å². The van der Waals surface area contributed by atoms with Crippen molar-refractivity contribution in [1.82, 2.24) is 10.2 Å². The van der Waals surface area contributed by atoms with Gasteiger partial charge in [0.05, 0.1) is 6.67 Å². The molecular weight excluding hydrogens is 104 g/mol. The molecule has 0 spiro atoms. The zero-order valence-electron chi connectivity index (χ0n) is 5.35. The van der Waals surface area contributed by atoms with Crippen molar-refractivity contribution in [3.05, 3.63) is 0 Å². The highest BCUT2D eigenvalue weighted by molar-refractivity contribution is 4.67. The van der Waals surface area contributed by atoms with Gasteiger partial charge in [-0.2, -0.15) is 0 Å². The van der Waals surface area contributed by atoms with Crippen molar-refractivity contribution in [2.75, 3.05) is 27.4 Å². The highest BCUT2D eigenvalue weighted by Gasteiger charge is 2.18. The molecule has 1 atom stereocenters. The van der Waals surface area contributed by atoms with E-state index in [2.05, 4.69) is 10.2 Å². The summed E-state index contributed by atoms with van der Waals surface area (Å²) in [5.41, 5.74) is 0. The molecule has 3 nitrogen and oxygen atoms in total. The average molecular weight is 116 g/mol. The zero-order chi connectivity index (χ0) is 5.98. The van der Waals surface area contributed by atoms with Gasteiger partial charge in [0.1, 0.15) is 6.23 Å². The second kappa shape index (κ2) is 2.44. The first-order valence-electron chi connectivity index (χ1n) is 2.78. The first-order chi connectivity index (χ1) is 3.84. The van der Waals surface area contributed by atoms with E-state index in [1.165, 1.54) is 0 Å². The van der Waals surface area contributed by atoms with Gasteiger partial charge in [0.2, 0.25) is 0 Å². The van der Waals surface area contributed by atoms with Gasteiger partial charge in [-0.05, 0) is 7.05 Å². The molecule has 0 bridgehead atoms. The lowest BCUT2D eigenvalue weighted by Crippen LogP contribution is -2.27. The topological polar surface area (TPSA) is 24.5 Å². The molecule has 48 valence electrons. The number of nitrogens with zero attached hydrogens (tertiary/aromatic N) is 1. The maximum atomic E-state index is 5.09. The number of methoxy groups -OCH3 is 1. The maximum absolute atomic E-state index is 5.09. The molecule has 0 radical (unpaired) electrons. The third-order valence-corrected chi connectivity index (χ3v) is 1.44. The number of nitrogens with one attached hydrogen (secondary N) is 1. The molecule has 1 aliphatic rings. The molecule has 1 N–H and O–H groups in total. The molecule has 0 aromatic rings. The van der Waals surface area contributed by atoms with Crippen molar-refractivity contribution in [2.45, 2.75) is 6.23 Å². The molecule has 1 saturated heterocycles. The quantitative estimate of drug-likeness (QED) is 0.497. The number of rotatable bonds is 1. The first-order valence-corrected chi connectivity index (χ1v) is 2.78. The second-order valence-corrected chi connectivity index (χ2v) is 2.06. The van der Waals surface area contributed by atoms with Crippen LogP contribution in [0.3, 0.4) is 0 Å². The van der Waals surface area contributed by atoms with Gasteiger partial charge < -0.3 is 10.1 Å². The van der Waals surface area contributed by atoms with E-state index < -0.39 is 0 Å². The molecule has 1 heterocycles. The van der Waals surface area contributed by atoms with Crippen molar-refractivity contribution >= 4 is 0 Å². The standard InChI is InChI=1S/C5H12N2O/c1-7-4-6-3-5(7)8-2/h5-6H,3-4H2,1-2H3. The molecular formula is C5H12N2O. The molecule has 1 fully saturated rings. The van der Waals surface area contributed by atoms with Crippen molar-refractivity contribution in [3.8, 4) is 0 Å². The zero-order valence-corrected chi connectivity index (χ0v) is 5.35. The number of hydrogen-bond acceptors (Lipinski definition) is 3.